The minimum Gasteiger partial charge on any atom is -0.455 e. The first-order valence-corrected chi connectivity index (χ1v) is 17.2. The van der Waals surface area contributed by atoms with Crippen molar-refractivity contribution in [1.82, 2.24) is 19.1 Å². The van der Waals surface area contributed by atoms with E-state index in [0.29, 0.717) is 5.95 Å². The lowest BCUT2D eigenvalue weighted by Gasteiger charge is -2.13. The van der Waals surface area contributed by atoms with E-state index in [1.165, 1.54) is 0 Å². The molecule has 0 spiro atoms. The standard InChI is InChI=1S/C46H28N4O/c1-4-14-29(15-5-1)37-28-38(30-16-6-2-7-17-30)48-46(47-37)50-39-22-12-10-20-32(39)34-24-25-36-42-40(49(44(36)43(34)50)31-18-8-3-9-19-31)27-26-35-33-21-11-13-23-41(33)51-45(35)42/h1-28H. The van der Waals surface area contributed by atoms with E-state index in [2.05, 4.69) is 161 Å². The second-order valence-electron chi connectivity index (χ2n) is 13.0. The maximum atomic E-state index is 6.69. The number of para-hydroxylation sites is 3. The van der Waals surface area contributed by atoms with Gasteiger partial charge in [0.05, 0.1) is 38.8 Å². The summed E-state index contributed by atoms with van der Waals surface area (Å²) in [6.45, 7) is 0. The van der Waals surface area contributed by atoms with E-state index in [-0.39, 0.29) is 0 Å². The Morgan fingerprint density at radius 3 is 1.71 bits per heavy atom. The summed E-state index contributed by atoms with van der Waals surface area (Å²) in [7, 11) is 0. The summed E-state index contributed by atoms with van der Waals surface area (Å²) < 4.78 is 11.3. The highest BCUT2D eigenvalue weighted by molar-refractivity contribution is 6.29. The third-order valence-electron chi connectivity index (χ3n) is 10.1. The molecule has 0 amide bonds. The molecule has 4 aromatic heterocycles. The summed E-state index contributed by atoms with van der Waals surface area (Å²) in [5.74, 6) is 0.618. The van der Waals surface area contributed by atoms with Gasteiger partial charge >= 0.3 is 0 Å². The van der Waals surface area contributed by atoms with E-state index < -0.39 is 0 Å². The highest BCUT2D eigenvalue weighted by Crippen LogP contribution is 2.45. The molecule has 0 fully saturated rings. The molecule has 0 unspecified atom stereocenters. The topological polar surface area (TPSA) is 48.8 Å². The predicted molar refractivity (Wildman–Crippen MR) is 209 cm³/mol. The van der Waals surface area contributed by atoms with Crippen LogP contribution in [0.15, 0.2) is 174 Å². The van der Waals surface area contributed by atoms with Crippen LogP contribution in [0.2, 0.25) is 0 Å². The summed E-state index contributed by atoms with van der Waals surface area (Å²) in [5.41, 5.74) is 10.9. The number of hydrogen-bond donors (Lipinski definition) is 0. The third kappa shape index (κ3) is 4.09. The average molecular weight is 653 g/mol. The quantitative estimate of drug-likeness (QED) is 0.190. The minimum absolute atomic E-state index is 0.618. The molecule has 0 bridgehead atoms. The zero-order valence-electron chi connectivity index (χ0n) is 27.4. The van der Waals surface area contributed by atoms with Crippen LogP contribution in [-0.4, -0.2) is 19.1 Å². The van der Waals surface area contributed by atoms with Crippen LogP contribution in [0, 0.1) is 0 Å². The molecule has 11 rings (SSSR count). The Hall–Kier alpha value is -6.98. The maximum Gasteiger partial charge on any atom is 0.235 e. The zero-order valence-corrected chi connectivity index (χ0v) is 27.4. The first-order chi connectivity index (χ1) is 25.3. The van der Waals surface area contributed by atoms with E-state index in [1.54, 1.807) is 0 Å². The molecule has 5 nitrogen and oxygen atoms in total. The molecular formula is C46H28N4O. The summed E-state index contributed by atoms with van der Waals surface area (Å²) in [4.78, 5) is 10.7. The number of furan rings is 1. The van der Waals surface area contributed by atoms with Crippen molar-refractivity contribution in [2.75, 3.05) is 0 Å². The predicted octanol–water partition coefficient (Wildman–Crippen LogP) is 11.9. The molecule has 5 heteroatoms. The second-order valence-corrected chi connectivity index (χ2v) is 13.0. The number of fused-ring (bicyclic) bond motifs is 11. The van der Waals surface area contributed by atoms with Gasteiger partial charge in [-0.2, -0.15) is 0 Å². The monoisotopic (exact) mass is 652 g/mol. The summed E-state index contributed by atoms with van der Waals surface area (Å²) in [6, 6.07) is 59.3. The Morgan fingerprint density at radius 2 is 0.980 bits per heavy atom. The van der Waals surface area contributed by atoms with Crippen LogP contribution >= 0.6 is 0 Å². The van der Waals surface area contributed by atoms with Gasteiger partial charge in [-0.3, -0.25) is 4.57 Å². The van der Waals surface area contributed by atoms with Gasteiger partial charge in [0.2, 0.25) is 5.95 Å². The van der Waals surface area contributed by atoms with Crippen LogP contribution in [0.3, 0.4) is 0 Å². The molecule has 0 aliphatic carbocycles. The molecule has 11 aromatic rings. The highest BCUT2D eigenvalue weighted by Gasteiger charge is 2.25. The number of hydrogen-bond acceptors (Lipinski definition) is 3. The Labute approximate surface area is 292 Å². The fraction of sp³-hybridized carbons (Fsp3) is 0. The molecule has 0 aliphatic rings. The van der Waals surface area contributed by atoms with Gasteiger partial charge in [0.15, 0.2) is 0 Å². The first kappa shape index (κ1) is 27.9. The van der Waals surface area contributed by atoms with Gasteiger partial charge < -0.3 is 8.98 Å². The van der Waals surface area contributed by atoms with Crippen LogP contribution in [0.4, 0.5) is 0 Å². The van der Waals surface area contributed by atoms with Crippen molar-refractivity contribution in [3.63, 3.8) is 0 Å². The van der Waals surface area contributed by atoms with E-state index in [1.807, 2.05) is 18.2 Å². The minimum atomic E-state index is 0.618. The van der Waals surface area contributed by atoms with Gasteiger partial charge in [0.25, 0.3) is 0 Å². The Balaban J connectivity index is 1.35. The normalized spacial score (nSPS) is 11.9. The fourth-order valence-electron chi connectivity index (χ4n) is 7.91. The van der Waals surface area contributed by atoms with Crippen molar-refractivity contribution in [1.29, 1.82) is 0 Å². The largest absolute Gasteiger partial charge is 0.455 e. The molecule has 51 heavy (non-hydrogen) atoms. The van der Waals surface area contributed by atoms with Crippen molar-refractivity contribution in [3.8, 4) is 34.2 Å². The van der Waals surface area contributed by atoms with Gasteiger partial charge in [-0.05, 0) is 42.5 Å². The van der Waals surface area contributed by atoms with Gasteiger partial charge in [-0.1, -0.05) is 127 Å². The number of aromatic nitrogens is 4. The molecule has 0 aliphatic heterocycles. The number of benzene rings is 7. The Kier molecular flexibility index (Phi) is 5.89. The zero-order chi connectivity index (χ0) is 33.5. The lowest BCUT2D eigenvalue weighted by molar-refractivity contribution is 0.673. The van der Waals surface area contributed by atoms with Gasteiger partial charge in [0.1, 0.15) is 11.2 Å². The van der Waals surface area contributed by atoms with Crippen molar-refractivity contribution >= 4 is 65.6 Å². The lowest BCUT2D eigenvalue weighted by Crippen LogP contribution is -2.05. The van der Waals surface area contributed by atoms with Crippen LogP contribution in [0.1, 0.15) is 0 Å². The average Bonchev–Trinajstić information content (AvgIpc) is 3.86. The molecule has 0 saturated carbocycles. The molecule has 238 valence electrons. The fourth-order valence-corrected chi connectivity index (χ4v) is 7.91. The molecule has 7 aromatic carbocycles. The Bertz CT molecular complexity index is 3060. The van der Waals surface area contributed by atoms with E-state index >= 15 is 0 Å². The summed E-state index contributed by atoms with van der Waals surface area (Å²) >= 11 is 0. The number of nitrogens with zero attached hydrogens (tertiary/aromatic N) is 4. The third-order valence-corrected chi connectivity index (χ3v) is 10.1. The molecule has 4 heterocycles. The van der Waals surface area contributed by atoms with Crippen LogP contribution < -0.4 is 0 Å². The smallest absolute Gasteiger partial charge is 0.235 e. The summed E-state index contributed by atoms with van der Waals surface area (Å²) in [6.07, 6.45) is 0. The first-order valence-electron chi connectivity index (χ1n) is 17.2. The SMILES string of the molecule is c1ccc(-c2cc(-c3ccccc3)nc(-n3c4ccccc4c4ccc5c6c7oc8ccccc8c7ccc6n(-c6ccccc6)c5c43)n2)cc1. The van der Waals surface area contributed by atoms with Gasteiger partial charge in [-0.15, -0.1) is 0 Å². The van der Waals surface area contributed by atoms with Gasteiger partial charge in [0, 0.05) is 43.7 Å². The molecule has 0 saturated heterocycles. The number of rotatable bonds is 4. The molecule has 0 N–H and O–H groups in total. The summed E-state index contributed by atoms with van der Waals surface area (Å²) in [5, 5.41) is 6.70. The van der Waals surface area contributed by atoms with Crippen LogP contribution in [-0.2, 0) is 0 Å². The van der Waals surface area contributed by atoms with Crippen molar-refractivity contribution in [3.05, 3.63) is 170 Å². The van der Waals surface area contributed by atoms with E-state index in [4.69, 9.17) is 14.4 Å². The van der Waals surface area contributed by atoms with Crippen molar-refractivity contribution < 1.29 is 4.42 Å². The highest BCUT2D eigenvalue weighted by atomic mass is 16.3. The van der Waals surface area contributed by atoms with Crippen molar-refractivity contribution in [2.24, 2.45) is 0 Å². The molecule has 0 radical (unpaired) electrons. The van der Waals surface area contributed by atoms with Crippen LogP contribution in [0.5, 0.6) is 0 Å². The lowest BCUT2D eigenvalue weighted by atomic mass is 10.1. The molecular weight excluding hydrogens is 625 g/mol. The molecule has 0 atom stereocenters. The van der Waals surface area contributed by atoms with Crippen molar-refractivity contribution in [2.45, 2.75) is 0 Å². The second kappa shape index (κ2) is 10.8. The van der Waals surface area contributed by atoms with Gasteiger partial charge in [-0.25, -0.2) is 9.97 Å². The van der Waals surface area contributed by atoms with E-state index in [9.17, 15) is 0 Å². The van der Waals surface area contributed by atoms with Crippen LogP contribution in [0.25, 0.3) is 99.7 Å². The van der Waals surface area contributed by atoms with E-state index in [0.717, 1.165) is 93.8 Å². The maximum absolute atomic E-state index is 6.69. The Morgan fingerprint density at radius 1 is 0.412 bits per heavy atom.